The van der Waals surface area contributed by atoms with Gasteiger partial charge < -0.3 is 0 Å². The summed E-state index contributed by atoms with van der Waals surface area (Å²) in [4.78, 5) is 0. The van der Waals surface area contributed by atoms with Crippen LogP contribution in [0.2, 0.25) is 0 Å². The van der Waals surface area contributed by atoms with Gasteiger partial charge in [-0.25, -0.2) is 0 Å². The van der Waals surface area contributed by atoms with E-state index in [0.717, 1.165) is 5.25 Å². The van der Waals surface area contributed by atoms with Crippen LogP contribution in [-0.2, 0) is 0 Å². The lowest BCUT2D eigenvalue weighted by molar-refractivity contribution is 0.668. The average Bonchev–Trinajstić information content (AvgIpc) is 3.18. The molecule has 126 valence electrons. The molecular formula is C15H18S8. The van der Waals surface area contributed by atoms with Gasteiger partial charge in [-0.15, -0.1) is 47.0 Å². The van der Waals surface area contributed by atoms with Crippen LogP contribution in [0.15, 0.2) is 25.4 Å². The third-order valence-corrected chi connectivity index (χ3v) is 16.0. The molecule has 0 fully saturated rings. The maximum atomic E-state index is 2.30. The molecule has 0 aliphatic carbocycles. The zero-order valence-electron chi connectivity index (χ0n) is 12.8. The molecule has 0 amide bonds. The van der Waals surface area contributed by atoms with Crippen molar-refractivity contribution in [1.82, 2.24) is 0 Å². The highest BCUT2D eigenvalue weighted by molar-refractivity contribution is 8.45. The van der Waals surface area contributed by atoms with E-state index in [4.69, 9.17) is 0 Å². The smallest absolute Gasteiger partial charge is 0.0717 e. The highest BCUT2D eigenvalue weighted by atomic mass is 32.3. The summed E-state index contributed by atoms with van der Waals surface area (Å²) in [6.07, 6.45) is 5.53. The van der Waals surface area contributed by atoms with Gasteiger partial charge in [0.25, 0.3) is 0 Å². The van der Waals surface area contributed by atoms with Gasteiger partial charge in [-0.3, -0.25) is 0 Å². The van der Waals surface area contributed by atoms with Gasteiger partial charge in [-0.2, -0.15) is 0 Å². The molecule has 0 saturated carbocycles. The van der Waals surface area contributed by atoms with Crippen LogP contribution in [0, 0.1) is 0 Å². The second-order valence-electron chi connectivity index (χ2n) is 5.38. The van der Waals surface area contributed by atoms with Crippen LogP contribution < -0.4 is 0 Å². The molecule has 0 aromatic carbocycles. The molecular weight excluding hydrogens is 437 g/mol. The Bertz CT molecular complexity index is 556. The molecule has 0 nitrogen and oxygen atoms in total. The molecule has 4 aliphatic rings. The molecule has 0 saturated heterocycles. The zero-order valence-corrected chi connectivity index (χ0v) is 19.3. The Morgan fingerprint density at radius 2 is 1.35 bits per heavy atom. The fourth-order valence-electron chi connectivity index (χ4n) is 2.44. The van der Waals surface area contributed by atoms with Gasteiger partial charge in [0.15, 0.2) is 0 Å². The van der Waals surface area contributed by atoms with E-state index in [2.05, 4.69) is 65.7 Å². The fraction of sp³-hybridized carbons (Fsp3) is 0.600. The summed E-state index contributed by atoms with van der Waals surface area (Å²) in [5.74, 6) is 3.86. The van der Waals surface area contributed by atoms with Gasteiger partial charge in [0.1, 0.15) is 0 Å². The van der Waals surface area contributed by atoms with E-state index in [0.29, 0.717) is 0 Å². The van der Waals surface area contributed by atoms with E-state index in [1.165, 1.54) is 42.9 Å². The van der Waals surface area contributed by atoms with Crippen LogP contribution in [0.3, 0.4) is 0 Å². The minimum Gasteiger partial charge on any atom is -0.116 e. The number of thioether (sulfide) groups is 8. The van der Waals surface area contributed by atoms with Crippen LogP contribution in [-0.4, -0.2) is 22.5 Å². The number of rotatable bonds is 4. The van der Waals surface area contributed by atoms with E-state index < -0.39 is 0 Å². The van der Waals surface area contributed by atoms with Crippen molar-refractivity contribution in [3.63, 3.8) is 0 Å². The minimum absolute atomic E-state index is 0.837. The van der Waals surface area contributed by atoms with Gasteiger partial charge >= 0.3 is 0 Å². The van der Waals surface area contributed by atoms with Crippen molar-refractivity contribution in [2.45, 2.75) is 37.9 Å². The molecule has 0 N–H and O–H groups in total. The average molecular weight is 455 g/mol. The SMILES string of the molecule is CCCCC[C@@H]1CSC2=C(SC(=C3SC4=C(SCCS4)S3)S2)S1. The Hall–Kier alpha value is 2.02. The molecule has 0 unspecified atom stereocenters. The van der Waals surface area contributed by atoms with Crippen molar-refractivity contribution in [3.05, 3.63) is 25.4 Å². The van der Waals surface area contributed by atoms with Gasteiger partial charge in [-0.1, -0.05) is 73.2 Å². The largest absolute Gasteiger partial charge is 0.116 e. The molecule has 8 heteroatoms. The molecule has 4 rings (SSSR count). The Morgan fingerprint density at radius 1 is 0.739 bits per heavy atom. The zero-order chi connectivity index (χ0) is 15.6. The topological polar surface area (TPSA) is 0 Å². The molecule has 1 atom stereocenters. The first-order chi connectivity index (χ1) is 11.3. The van der Waals surface area contributed by atoms with Crippen LogP contribution >= 0.6 is 94.1 Å². The van der Waals surface area contributed by atoms with E-state index in [9.17, 15) is 0 Å². The van der Waals surface area contributed by atoms with Crippen molar-refractivity contribution in [2.75, 3.05) is 17.3 Å². The van der Waals surface area contributed by atoms with Crippen LogP contribution in [0.1, 0.15) is 32.6 Å². The molecule has 4 heterocycles. The lowest BCUT2D eigenvalue weighted by Gasteiger charge is -2.21. The Balaban J connectivity index is 1.37. The molecule has 4 aliphatic heterocycles. The van der Waals surface area contributed by atoms with Gasteiger partial charge in [0.2, 0.25) is 0 Å². The molecule has 0 bridgehead atoms. The van der Waals surface area contributed by atoms with Crippen molar-refractivity contribution >= 4 is 94.1 Å². The Morgan fingerprint density at radius 3 is 2.00 bits per heavy atom. The van der Waals surface area contributed by atoms with E-state index in [1.807, 2.05) is 35.3 Å². The predicted molar refractivity (Wildman–Crippen MR) is 124 cm³/mol. The highest BCUT2D eigenvalue weighted by Crippen LogP contribution is 2.68. The maximum absolute atomic E-state index is 2.30. The summed E-state index contributed by atoms with van der Waals surface area (Å²) in [5, 5.41) is 0.837. The second-order valence-corrected chi connectivity index (χ2v) is 15.6. The summed E-state index contributed by atoms with van der Waals surface area (Å²) in [5.41, 5.74) is 0. The normalized spacial score (nSPS) is 27.8. The number of unbranched alkanes of at least 4 members (excludes halogenated alkanes) is 2. The summed E-state index contributed by atoms with van der Waals surface area (Å²) in [6.45, 7) is 2.30. The molecule has 0 radical (unpaired) electrons. The van der Waals surface area contributed by atoms with Gasteiger partial charge in [0, 0.05) is 22.5 Å². The molecule has 23 heavy (non-hydrogen) atoms. The van der Waals surface area contributed by atoms with E-state index in [1.54, 1.807) is 25.4 Å². The first kappa shape index (κ1) is 18.4. The second kappa shape index (κ2) is 8.81. The third-order valence-electron chi connectivity index (χ3n) is 3.59. The van der Waals surface area contributed by atoms with Crippen LogP contribution in [0.5, 0.6) is 0 Å². The van der Waals surface area contributed by atoms with Crippen molar-refractivity contribution in [2.24, 2.45) is 0 Å². The van der Waals surface area contributed by atoms with Crippen molar-refractivity contribution < 1.29 is 0 Å². The number of hydrogen-bond acceptors (Lipinski definition) is 8. The fourth-order valence-corrected chi connectivity index (χ4v) is 15.2. The predicted octanol–water partition coefficient (Wildman–Crippen LogP) is 8.24. The van der Waals surface area contributed by atoms with E-state index in [-0.39, 0.29) is 0 Å². The van der Waals surface area contributed by atoms with E-state index >= 15 is 0 Å². The maximum Gasteiger partial charge on any atom is 0.0717 e. The lowest BCUT2D eigenvalue weighted by Crippen LogP contribution is -2.09. The third kappa shape index (κ3) is 4.47. The summed E-state index contributed by atoms with van der Waals surface area (Å²) < 4.78 is 9.41. The standard InChI is InChI=1S/C15H18S8/c1-2-3-4-5-9-8-18-12-13(19-9)23-15(22-12)14-20-10-11(21-14)17-7-6-16-10/h9H,2-8H2,1H3/t9-/m1/s1. The monoisotopic (exact) mass is 454 g/mol. The first-order valence-corrected chi connectivity index (χ1v) is 14.9. The van der Waals surface area contributed by atoms with Crippen molar-refractivity contribution in [3.8, 4) is 0 Å². The Labute approximate surface area is 173 Å². The van der Waals surface area contributed by atoms with Crippen LogP contribution in [0.4, 0.5) is 0 Å². The highest BCUT2D eigenvalue weighted by Gasteiger charge is 2.34. The summed E-state index contributed by atoms with van der Waals surface area (Å²) in [7, 11) is 0. The minimum atomic E-state index is 0.837. The molecule has 0 spiro atoms. The summed E-state index contributed by atoms with van der Waals surface area (Å²) in [6, 6.07) is 0. The molecule has 0 aromatic heterocycles. The van der Waals surface area contributed by atoms with Gasteiger partial charge in [0.05, 0.1) is 25.4 Å². The van der Waals surface area contributed by atoms with Crippen molar-refractivity contribution in [1.29, 1.82) is 0 Å². The van der Waals surface area contributed by atoms with Gasteiger partial charge in [-0.05, 0) is 6.42 Å². The van der Waals surface area contributed by atoms with Crippen LogP contribution in [0.25, 0.3) is 0 Å². The first-order valence-electron chi connectivity index (χ1n) is 7.82. The summed E-state index contributed by atoms with van der Waals surface area (Å²) >= 11 is 16.6. The lowest BCUT2D eigenvalue weighted by atomic mass is 10.2. The number of hydrogen-bond donors (Lipinski definition) is 0. The quantitative estimate of drug-likeness (QED) is 0.384. The molecule has 0 aromatic rings. The Kier molecular flexibility index (Phi) is 7.04.